The van der Waals surface area contributed by atoms with Gasteiger partial charge in [0.05, 0.1) is 43.8 Å². The van der Waals surface area contributed by atoms with Gasteiger partial charge in [-0.15, -0.1) is 0 Å². The van der Waals surface area contributed by atoms with Crippen LogP contribution in [-0.4, -0.2) is 69.3 Å². The molecular weight excluding hydrogens is 701 g/mol. The van der Waals surface area contributed by atoms with Gasteiger partial charge in [-0.1, -0.05) is 0 Å². The van der Waals surface area contributed by atoms with Crippen molar-refractivity contribution in [2.45, 2.75) is 45.8 Å². The van der Waals surface area contributed by atoms with Crippen molar-refractivity contribution in [3.63, 3.8) is 0 Å². The summed E-state index contributed by atoms with van der Waals surface area (Å²) in [6.45, 7) is 12.6. The average Bonchev–Trinajstić information content (AvgIpc) is 3.56. The Morgan fingerprint density at radius 2 is 1.38 bits per heavy atom. The summed E-state index contributed by atoms with van der Waals surface area (Å²) in [5.74, 6) is -0.479. The number of benzene rings is 2. The summed E-state index contributed by atoms with van der Waals surface area (Å²) in [5.41, 5.74) is 9.87. The van der Waals surface area contributed by atoms with E-state index in [-0.39, 0.29) is 65.3 Å². The van der Waals surface area contributed by atoms with Crippen LogP contribution in [-0.2, 0) is 23.6 Å². The van der Waals surface area contributed by atoms with E-state index in [2.05, 4.69) is 14.8 Å². The van der Waals surface area contributed by atoms with E-state index in [9.17, 15) is 24.4 Å². The Labute approximate surface area is 326 Å². The summed E-state index contributed by atoms with van der Waals surface area (Å²) in [6.07, 6.45) is 1.28. The van der Waals surface area contributed by atoms with Gasteiger partial charge in [0.25, 0.3) is 0 Å². The number of carboxylic acids is 1. The second-order valence-electron chi connectivity index (χ2n) is 11.5. The number of fused-ring (bicyclic) bond motifs is 2. The summed E-state index contributed by atoms with van der Waals surface area (Å²) in [5, 5.41) is 29.2. The zero-order chi connectivity index (χ0) is 36.8. The maximum absolute atomic E-state index is 11.7. The predicted octanol–water partition coefficient (Wildman–Crippen LogP) is -0.213. The number of aliphatic carboxylic acids is 1. The van der Waals surface area contributed by atoms with Crippen molar-refractivity contribution < 1.29 is 88.1 Å². The van der Waals surface area contributed by atoms with Crippen LogP contribution < -0.4 is 55.7 Å². The number of hydrogen-bond acceptors (Lipinski definition) is 13. The number of esters is 1. The largest absolute Gasteiger partial charge is 1.00 e. The van der Waals surface area contributed by atoms with Crippen LogP contribution in [0.2, 0.25) is 0 Å². The smallest absolute Gasteiger partial charge is 0.870 e. The van der Waals surface area contributed by atoms with Crippen LogP contribution in [0.3, 0.4) is 0 Å². The van der Waals surface area contributed by atoms with Crippen molar-refractivity contribution in [1.82, 2.24) is 9.97 Å². The monoisotopic (exact) mass is 734 g/mol. The topological polar surface area (TPSA) is 244 Å². The molecule has 0 bridgehead atoms. The quantitative estimate of drug-likeness (QED) is 0.0936. The normalized spacial score (nSPS) is 14.9. The van der Waals surface area contributed by atoms with Gasteiger partial charge in [-0.2, -0.15) is 0 Å². The third-order valence-corrected chi connectivity index (χ3v) is 7.88. The van der Waals surface area contributed by atoms with Crippen molar-refractivity contribution in [1.29, 1.82) is 0 Å². The van der Waals surface area contributed by atoms with Crippen molar-refractivity contribution in [2.75, 3.05) is 6.61 Å². The number of hydrogen-bond donors (Lipinski definition) is 4. The van der Waals surface area contributed by atoms with E-state index in [1.54, 1.807) is 50.2 Å². The molecule has 0 saturated carbocycles. The van der Waals surface area contributed by atoms with Gasteiger partial charge in [0.1, 0.15) is 11.5 Å². The number of rotatable bonds is 10. The molecule has 6 rings (SSSR count). The van der Waals surface area contributed by atoms with Crippen molar-refractivity contribution in [2.24, 2.45) is 5.73 Å². The molecule has 6 N–H and O–H groups in total. The van der Waals surface area contributed by atoms with Gasteiger partial charge in [-0.05, 0) is 96.4 Å². The Morgan fingerprint density at radius 3 is 1.79 bits per heavy atom. The second kappa shape index (κ2) is 18.8. The fourth-order valence-electron chi connectivity index (χ4n) is 5.74. The van der Waals surface area contributed by atoms with Gasteiger partial charge in [0.15, 0.2) is 0 Å². The molecule has 0 aliphatic carbocycles. The van der Waals surface area contributed by atoms with Crippen LogP contribution >= 0.6 is 0 Å². The molecule has 4 aromatic rings. The number of pyridine rings is 2. The van der Waals surface area contributed by atoms with Crippen LogP contribution in [0, 0.1) is 20.4 Å². The molecule has 2 atom stereocenters. The van der Waals surface area contributed by atoms with E-state index >= 15 is 0 Å². The van der Waals surface area contributed by atoms with Crippen LogP contribution in [0.15, 0.2) is 60.9 Å². The maximum Gasteiger partial charge on any atom is 1.00 e. The molecule has 16 nitrogen and oxygen atoms in total. The van der Waals surface area contributed by atoms with E-state index in [1.165, 1.54) is 24.5 Å². The molecule has 0 radical (unpaired) electrons. The molecular formula is C34H33B2N4NaO12. The Morgan fingerprint density at radius 1 is 0.868 bits per heavy atom. The third-order valence-electron chi connectivity index (χ3n) is 7.88. The minimum atomic E-state index is -1.22. The van der Waals surface area contributed by atoms with Gasteiger partial charge in [0, 0.05) is 18.5 Å². The van der Waals surface area contributed by atoms with Crippen molar-refractivity contribution in [3.05, 3.63) is 100 Å². The number of nitrogens with two attached hydrogens (primary N) is 1. The van der Waals surface area contributed by atoms with Gasteiger partial charge >= 0.3 is 55.7 Å². The SMILES string of the molecule is Cc1cc(Oc2ccc(C(N)=O)cn2)cc2c1C(CC(=O)O)OB2O.[C-]#[N+]c1ccc(Oc2cc(C)c3c(c2)B(O)OC3CC(=O)OCC)nc1.[Na+].[OH-]. The average molecular weight is 734 g/mol. The van der Waals surface area contributed by atoms with Gasteiger partial charge < -0.3 is 49.9 Å². The van der Waals surface area contributed by atoms with Gasteiger partial charge in [0.2, 0.25) is 23.4 Å². The fraction of sp³-hybridized carbons (Fsp3) is 0.235. The number of aryl methyl sites for hydroxylation is 2. The molecule has 1 amide bonds. The Balaban J connectivity index is 0.000000275. The second-order valence-corrected chi connectivity index (χ2v) is 11.5. The third kappa shape index (κ3) is 10.4. The first-order valence-corrected chi connectivity index (χ1v) is 15.6. The molecule has 4 heterocycles. The van der Waals surface area contributed by atoms with Crippen LogP contribution in [0.25, 0.3) is 4.85 Å². The fourth-order valence-corrected chi connectivity index (χ4v) is 5.74. The minimum absolute atomic E-state index is 0. The number of carbonyl (C=O) groups is 3. The number of aromatic nitrogens is 2. The van der Waals surface area contributed by atoms with Crippen molar-refractivity contribution >= 4 is 48.7 Å². The summed E-state index contributed by atoms with van der Waals surface area (Å²) in [7, 11) is -2.35. The summed E-state index contributed by atoms with van der Waals surface area (Å²) < 4.78 is 27.2. The van der Waals surface area contributed by atoms with Gasteiger partial charge in [-0.25, -0.2) is 14.8 Å². The number of nitrogens with zero attached hydrogens (tertiary/aromatic N) is 3. The van der Waals surface area contributed by atoms with Crippen LogP contribution in [0.1, 0.15) is 64.6 Å². The number of carboxylic acid groups (broad SMARTS) is 1. The molecule has 2 aliphatic rings. The van der Waals surface area contributed by atoms with E-state index in [0.717, 1.165) is 16.7 Å². The Kier molecular flexibility index (Phi) is 15.1. The number of carbonyl (C=O) groups excluding carboxylic acids is 2. The molecule has 2 unspecified atom stereocenters. The molecule has 0 saturated heterocycles. The summed E-state index contributed by atoms with van der Waals surface area (Å²) >= 11 is 0. The molecule has 0 spiro atoms. The van der Waals surface area contributed by atoms with E-state index in [1.807, 2.05) is 6.92 Å². The first kappa shape index (κ1) is 42.6. The predicted molar refractivity (Wildman–Crippen MR) is 184 cm³/mol. The first-order valence-electron chi connectivity index (χ1n) is 15.6. The maximum atomic E-state index is 11.7. The zero-order valence-electron chi connectivity index (χ0n) is 29.2. The van der Waals surface area contributed by atoms with E-state index in [4.69, 9.17) is 40.9 Å². The molecule has 2 aromatic heterocycles. The summed E-state index contributed by atoms with van der Waals surface area (Å²) in [4.78, 5) is 45.1. The van der Waals surface area contributed by atoms with E-state index in [0.29, 0.717) is 46.2 Å². The van der Waals surface area contributed by atoms with Crippen LogP contribution in [0.5, 0.6) is 23.3 Å². The molecule has 268 valence electrons. The standard InChI is InChI=1S/C18H17BN2O5.C16H15BN2O6.Na.H2O/c1-4-24-17(22)9-15-18-11(2)7-13(8-14(18)19(23)26-15)25-16-6-5-12(20-3)10-21-16;1-8-4-10(24-13-3-2-9(7-19-13)16(18)22)5-11-15(8)12(6-14(20)21)25-17(11)23;;/h5-8,10,15,23H,4,9H2,1-2H3;2-5,7,12,23H,6H2,1H3,(H2,18,22)(H,20,21);;1H2/q;;+1;/p-1. The first-order chi connectivity index (χ1) is 24.4. The number of ether oxygens (including phenoxy) is 3. The van der Waals surface area contributed by atoms with Crippen molar-refractivity contribution in [3.8, 4) is 23.3 Å². The molecule has 2 aliphatic heterocycles. The molecule has 0 fully saturated rings. The minimum Gasteiger partial charge on any atom is -0.870 e. The van der Waals surface area contributed by atoms with Gasteiger partial charge in [-0.3, -0.25) is 14.4 Å². The Bertz CT molecular complexity index is 2000. The molecule has 53 heavy (non-hydrogen) atoms. The summed E-state index contributed by atoms with van der Waals surface area (Å²) in [6, 6.07) is 13.0. The van der Waals surface area contributed by atoms with E-state index < -0.39 is 38.3 Å². The van der Waals surface area contributed by atoms with Crippen LogP contribution in [0.4, 0.5) is 5.69 Å². The Hall–Kier alpha value is -4.83. The zero-order valence-corrected chi connectivity index (χ0v) is 31.2. The molecule has 2 aromatic carbocycles. The molecule has 19 heteroatoms. The number of primary amides is 1. The number of amides is 1.